The molecule has 3 unspecified atom stereocenters. The summed E-state index contributed by atoms with van der Waals surface area (Å²) in [5.74, 6) is 0. The smallest absolute Gasteiger partial charge is 0.0476 e. The van der Waals surface area contributed by atoms with E-state index in [1.165, 1.54) is 37.8 Å². The van der Waals surface area contributed by atoms with Gasteiger partial charge in [0.1, 0.15) is 0 Å². The van der Waals surface area contributed by atoms with E-state index < -0.39 is 0 Å². The van der Waals surface area contributed by atoms with E-state index in [2.05, 4.69) is 61.3 Å². The third-order valence-electron chi connectivity index (χ3n) is 4.65. The lowest BCUT2D eigenvalue weighted by Gasteiger charge is -2.44. The Morgan fingerprint density at radius 2 is 2.00 bits per heavy atom. The van der Waals surface area contributed by atoms with E-state index in [1.807, 2.05) is 0 Å². The lowest BCUT2D eigenvalue weighted by molar-refractivity contribution is 0.0821. The molecule has 1 aromatic carbocycles. The molecule has 1 aliphatic rings. The molecule has 2 heteroatoms. The Bertz CT molecular complexity index is 376. The highest BCUT2D eigenvalue weighted by molar-refractivity contribution is 5.20. The van der Waals surface area contributed by atoms with Crippen molar-refractivity contribution in [1.82, 2.24) is 10.2 Å². The minimum Gasteiger partial charge on any atom is -0.311 e. The Balaban J connectivity index is 2.11. The maximum atomic E-state index is 3.72. The van der Waals surface area contributed by atoms with Crippen LogP contribution in [0.4, 0.5) is 0 Å². The summed E-state index contributed by atoms with van der Waals surface area (Å²) in [6, 6.07) is 12.9. The largest absolute Gasteiger partial charge is 0.311 e. The zero-order chi connectivity index (χ0) is 14.4. The molecular formula is C18H30N2. The van der Waals surface area contributed by atoms with Crippen LogP contribution in [0, 0.1) is 0 Å². The van der Waals surface area contributed by atoms with Gasteiger partial charge in [-0.1, -0.05) is 57.0 Å². The summed E-state index contributed by atoms with van der Waals surface area (Å²) in [4.78, 5) is 2.73. The highest BCUT2D eigenvalue weighted by Gasteiger charge is 2.30. The minimum atomic E-state index is 0.533. The fourth-order valence-corrected chi connectivity index (χ4v) is 3.25. The summed E-state index contributed by atoms with van der Waals surface area (Å²) in [6.45, 7) is 9.24. The SMILES string of the molecule is CCCCC(C)N1CC(CC)NCC1c1ccccc1. The lowest BCUT2D eigenvalue weighted by atomic mass is 9.96. The van der Waals surface area contributed by atoms with Crippen molar-refractivity contribution in [1.29, 1.82) is 0 Å². The van der Waals surface area contributed by atoms with Crippen LogP contribution in [0.5, 0.6) is 0 Å². The highest BCUT2D eigenvalue weighted by Crippen LogP contribution is 2.27. The summed E-state index contributed by atoms with van der Waals surface area (Å²) in [7, 11) is 0. The molecule has 1 saturated heterocycles. The highest BCUT2D eigenvalue weighted by atomic mass is 15.3. The summed E-state index contributed by atoms with van der Waals surface area (Å²) >= 11 is 0. The van der Waals surface area contributed by atoms with E-state index >= 15 is 0 Å². The lowest BCUT2D eigenvalue weighted by Crippen LogP contribution is -2.54. The van der Waals surface area contributed by atoms with Gasteiger partial charge in [0.2, 0.25) is 0 Å². The minimum absolute atomic E-state index is 0.533. The molecule has 0 amide bonds. The Kier molecular flexibility index (Phi) is 6.06. The molecule has 1 aromatic rings. The van der Waals surface area contributed by atoms with Crippen LogP contribution < -0.4 is 5.32 Å². The van der Waals surface area contributed by atoms with E-state index in [-0.39, 0.29) is 0 Å². The van der Waals surface area contributed by atoms with E-state index in [1.54, 1.807) is 0 Å². The maximum absolute atomic E-state index is 3.72. The number of rotatable bonds is 6. The Labute approximate surface area is 124 Å². The standard InChI is InChI=1S/C18H30N2/c1-4-6-10-15(3)20-14-17(5-2)19-13-18(20)16-11-8-7-9-12-16/h7-9,11-12,15,17-19H,4-6,10,13-14H2,1-3H3. The zero-order valence-corrected chi connectivity index (χ0v) is 13.3. The van der Waals surface area contributed by atoms with Gasteiger partial charge in [0.25, 0.3) is 0 Å². The molecule has 3 atom stereocenters. The number of unbranched alkanes of at least 4 members (excludes halogenated alkanes) is 1. The molecule has 20 heavy (non-hydrogen) atoms. The second-order valence-electron chi connectivity index (χ2n) is 6.13. The monoisotopic (exact) mass is 274 g/mol. The van der Waals surface area contributed by atoms with Crippen molar-refractivity contribution < 1.29 is 0 Å². The second kappa shape index (κ2) is 7.80. The molecule has 1 fully saturated rings. The Morgan fingerprint density at radius 3 is 2.65 bits per heavy atom. The predicted molar refractivity (Wildman–Crippen MR) is 87.0 cm³/mol. The van der Waals surface area contributed by atoms with Crippen LogP contribution in [-0.4, -0.2) is 30.1 Å². The summed E-state index contributed by atoms with van der Waals surface area (Å²) in [6.07, 6.45) is 5.17. The number of hydrogen-bond acceptors (Lipinski definition) is 2. The van der Waals surface area contributed by atoms with Crippen LogP contribution in [0.3, 0.4) is 0 Å². The molecular weight excluding hydrogens is 244 g/mol. The summed E-state index contributed by atoms with van der Waals surface area (Å²) in [5, 5.41) is 3.72. The van der Waals surface area contributed by atoms with Crippen molar-refractivity contribution in [2.24, 2.45) is 0 Å². The molecule has 0 spiro atoms. The molecule has 2 rings (SSSR count). The number of hydrogen-bond donors (Lipinski definition) is 1. The third kappa shape index (κ3) is 3.83. The average molecular weight is 274 g/mol. The maximum Gasteiger partial charge on any atom is 0.0476 e. The van der Waals surface area contributed by atoms with Crippen molar-refractivity contribution >= 4 is 0 Å². The average Bonchev–Trinajstić information content (AvgIpc) is 2.52. The van der Waals surface area contributed by atoms with Gasteiger partial charge in [-0.05, 0) is 25.3 Å². The molecule has 1 aliphatic heterocycles. The van der Waals surface area contributed by atoms with Gasteiger partial charge in [-0.15, -0.1) is 0 Å². The van der Waals surface area contributed by atoms with Gasteiger partial charge in [-0.2, -0.15) is 0 Å². The number of piperazine rings is 1. The van der Waals surface area contributed by atoms with E-state index in [4.69, 9.17) is 0 Å². The molecule has 2 nitrogen and oxygen atoms in total. The van der Waals surface area contributed by atoms with Crippen molar-refractivity contribution in [2.75, 3.05) is 13.1 Å². The number of nitrogens with zero attached hydrogens (tertiary/aromatic N) is 1. The quantitative estimate of drug-likeness (QED) is 0.844. The molecule has 112 valence electrons. The third-order valence-corrected chi connectivity index (χ3v) is 4.65. The van der Waals surface area contributed by atoms with Crippen LogP contribution in [-0.2, 0) is 0 Å². The fourth-order valence-electron chi connectivity index (χ4n) is 3.25. The van der Waals surface area contributed by atoms with Crippen LogP contribution in [0.15, 0.2) is 30.3 Å². The number of nitrogens with one attached hydrogen (secondary N) is 1. The van der Waals surface area contributed by atoms with Crippen molar-refractivity contribution in [3.8, 4) is 0 Å². The van der Waals surface area contributed by atoms with Gasteiger partial charge in [0.05, 0.1) is 0 Å². The Morgan fingerprint density at radius 1 is 1.25 bits per heavy atom. The van der Waals surface area contributed by atoms with E-state index in [9.17, 15) is 0 Å². The fraction of sp³-hybridized carbons (Fsp3) is 0.667. The zero-order valence-electron chi connectivity index (χ0n) is 13.3. The van der Waals surface area contributed by atoms with Gasteiger partial charge in [-0.25, -0.2) is 0 Å². The van der Waals surface area contributed by atoms with Gasteiger partial charge >= 0.3 is 0 Å². The number of benzene rings is 1. The van der Waals surface area contributed by atoms with E-state index in [0.717, 1.165) is 6.54 Å². The first-order valence-corrected chi connectivity index (χ1v) is 8.30. The molecule has 0 aromatic heterocycles. The van der Waals surface area contributed by atoms with Crippen LogP contribution in [0.2, 0.25) is 0 Å². The second-order valence-corrected chi connectivity index (χ2v) is 6.13. The summed E-state index contributed by atoms with van der Waals surface area (Å²) in [5.41, 5.74) is 1.46. The molecule has 0 bridgehead atoms. The van der Waals surface area contributed by atoms with Gasteiger partial charge < -0.3 is 5.32 Å². The normalized spacial score (nSPS) is 25.6. The summed E-state index contributed by atoms with van der Waals surface area (Å²) < 4.78 is 0. The van der Waals surface area contributed by atoms with Crippen molar-refractivity contribution in [3.63, 3.8) is 0 Å². The molecule has 0 saturated carbocycles. The van der Waals surface area contributed by atoms with Crippen LogP contribution in [0.1, 0.15) is 58.1 Å². The first-order chi connectivity index (χ1) is 9.76. The molecule has 1 heterocycles. The van der Waals surface area contributed by atoms with Gasteiger partial charge in [-0.3, -0.25) is 4.90 Å². The topological polar surface area (TPSA) is 15.3 Å². The van der Waals surface area contributed by atoms with Gasteiger partial charge in [0.15, 0.2) is 0 Å². The first-order valence-electron chi connectivity index (χ1n) is 8.30. The molecule has 1 N–H and O–H groups in total. The molecule has 0 aliphatic carbocycles. The first kappa shape index (κ1) is 15.5. The van der Waals surface area contributed by atoms with Crippen LogP contribution >= 0.6 is 0 Å². The van der Waals surface area contributed by atoms with Gasteiger partial charge in [0, 0.05) is 31.2 Å². The van der Waals surface area contributed by atoms with E-state index in [0.29, 0.717) is 18.1 Å². The van der Waals surface area contributed by atoms with Crippen molar-refractivity contribution in [3.05, 3.63) is 35.9 Å². The Hall–Kier alpha value is -0.860. The van der Waals surface area contributed by atoms with Crippen LogP contribution in [0.25, 0.3) is 0 Å². The predicted octanol–water partition coefficient (Wildman–Crippen LogP) is 3.99. The molecule has 0 radical (unpaired) electrons. The van der Waals surface area contributed by atoms with Crippen molar-refractivity contribution in [2.45, 2.75) is 64.6 Å².